The van der Waals surface area contributed by atoms with Crippen molar-refractivity contribution in [3.05, 3.63) is 46.1 Å². The van der Waals surface area contributed by atoms with Gasteiger partial charge in [0.25, 0.3) is 5.91 Å². The van der Waals surface area contributed by atoms with Crippen LogP contribution in [0.4, 0.5) is 19.0 Å². The quantitative estimate of drug-likeness (QED) is 0.642. The van der Waals surface area contributed by atoms with E-state index in [-0.39, 0.29) is 11.7 Å². The summed E-state index contributed by atoms with van der Waals surface area (Å²) in [5.74, 6) is -0.854. The van der Waals surface area contributed by atoms with E-state index in [1.807, 2.05) is 28.2 Å². The molecule has 7 nitrogen and oxygen atoms in total. The van der Waals surface area contributed by atoms with Crippen LogP contribution < -0.4 is 4.90 Å². The first-order chi connectivity index (χ1) is 13.8. The molecular formula is C18H16F3N5O2S. The van der Waals surface area contributed by atoms with Gasteiger partial charge >= 0.3 is 12.1 Å². The molecule has 0 N–H and O–H groups in total. The smallest absolute Gasteiger partial charge is 0.353 e. The van der Waals surface area contributed by atoms with Gasteiger partial charge in [0.2, 0.25) is 5.82 Å². The second-order valence-corrected chi connectivity index (χ2v) is 7.50. The van der Waals surface area contributed by atoms with Gasteiger partial charge in [-0.15, -0.1) is 11.3 Å². The molecule has 0 bridgehead atoms. The van der Waals surface area contributed by atoms with Crippen LogP contribution in [-0.2, 0) is 6.18 Å². The zero-order valence-corrected chi connectivity index (χ0v) is 16.1. The van der Waals surface area contributed by atoms with Crippen LogP contribution in [0, 0.1) is 6.92 Å². The third-order valence-corrected chi connectivity index (χ3v) is 5.54. The minimum Gasteiger partial charge on any atom is -0.353 e. The van der Waals surface area contributed by atoms with Gasteiger partial charge in [-0.05, 0) is 36.1 Å². The molecule has 4 rings (SSSR count). The van der Waals surface area contributed by atoms with Crippen molar-refractivity contribution in [1.82, 2.24) is 20.0 Å². The molecule has 11 heteroatoms. The monoisotopic (exact) mass is 423 g/mol. The maximum Gasteiger partial charge on any atom is 0.471 e. The molecule has 1 saturated heterocycles. The summed E-state index contributed by atoms with van der Waals surface area (Å²) >= 11 is 1.44. The van der Waals surface area contributed by atoms with Crippen LogP contribution in [0.5, 0.6) is 0 Å². The van der Waals surface area contributed by atoms with E-state index in [4.69, 9.17) is 0 Å². The highest BCUT2D eigenvalue weighted by atomic mass is 32.1. The number of alkyl halides is 3. The van der Waals surface area contributed by atoms with Crippen LogP contribution in [0.2, 0.25) is 0 Å². The van der Waals surface area contributed by atoms with Crippen molar-refractivity contribution in [2.24, 2.45) is 0 Å². The first kappa shape index (κ1) is 19.4. The molecule has 0 unspecified atom stereocenters. The molecule has 3 aromatic rings. The van der Waals surface area contributed by atoms with E-state index in [0.29, 0.717) is 37.6 Å². The summed E-state index contributed by atoms with van der Waals surface area (Å²) in [6.07, 6.45) is -3.27. The zero-order chi connectivity index (χ0) is 20.6. The van der Waals surface area contributed by atoms with Gasteiger partial charge < -0.3 is 14.3 Å². The Morgan fingerprint density at radius 2 is 1.97 bits per heavy atom. The fourth-order valence-corrected chi connectivity index (χ4v) is 3.86. The van der Waals surface area contributed by atoms with Crippen molar-refractivity contribution < 1.29 is 22.5 Å². The normalized spacial score (nSPS) is 15.0. The number of amides is 1. The third kappa shape index (κ3) is 4.09. The molecule has 1 aliphatic rings. The molecule has 152 valence electrons. The molecule has 0 spiro atoms. The van der Waals surface area contributed by atoms with Gasteiger partial charge in [0.15, 0.2) is 0 Å². The Balaban J connectivity index is 1.39. The molecule has 1 fully saturated rings. The molecule has 0 radical (unpaired) electrons. The van der Waals surface area contributed by atoms with Crippen molar-refractivity contribution >= 4 is 23.1 Å². The summed E-state index contributed by atoms with van der Waals surface area (Å²) in [4.78, 5) is 24.8. The standard InChI is InChI=1S/C18H16F3N5O2S/c1-11-8-13(29-10-11)16(27)26-6-4-25(5-7-26)14-3-2-12(9-22-14)15-23-17(28-24-15)18(19,20)21/h2-3,8-10H,4-7H2,1H3. The van der Waals surface area contributed by atoms with E-state index >= 15 is 0 Å². The topological polar surface area (TPSA) is 75.4 Å². The van der Waals surface area contributed by atoms with Crippen molar-refractivity contribution in [2.75, 3.05) is 31.1 Å². The van der Waals surface area contributed by atoms with Gasteiger partial charge in [0, 0.05) is 37.9 Å². The molecule has 29 heavy (non-hydrogen) atoms. The SMILES string of the molecule is Cc1csc(C(=O)N2CCN(c3ccc(-c4noc(C(F)(F)F)n4)cn3)CC2)c1. The number of anilines is 1. The summed E-state index contributed by atoms with van der Waals surface area (Å²) in [5, 5.41) is 5.31. The first-order valence-electron chi connectivity index (χ1n) is 8.78. The summed E-state index contributed by atoms with van der Waals surface area (Å²) in [6.45, 7) is 4.32. The van der Waals surface area contributed by atoms with Crippen LogP contribution in [-0.4, -0.2) is 52.1 Å². The Morgan fingerprint density at radius 3 is 2.52 bits per heavy atom. The van der Waals surface area contributed by atoms with Crippen LogP contribution in [0.25, 0.3) is 11.4 Å². The zero-order valence-electron chi connectivity index (χ0n) is 15.3. The van der Waals surface area contributed by atoms with E-state index in [0.717, 1.165) is 10.4 Å². The number of pyridine rings is 1. The predicted octanol–water partition coefficient (Wildman–Crippen LogP) is 3.48. The second kappa shape index (κ2) is 7.47. The van der Waals surface area contributed by atoms with Crippen LogP contribution in [0.15, 0.2) is 34.3 Å². The lowest BCUT2D eigenvalue weighted by Gasteiger charge is -2.35. The molecule has 1 aliphatic heterocycles. The summed E-state index contributed by atoms with van der Waals surface area (Å²) < 4.78 is 42.0. The highest BCUT2D eigenvalue weighted by molar-refractivity contribution is 7.12. The van der Waals surface area contributed by atoms with E-state index in [1.54, 1.807) is 12.1 Å². The van der Waals surface area contributed by atoms with Crippen molar-refractivity contribution in [3.8, 4) is 11.4 Å². The number of aromatic nitrogens is 3. The Hall–Kier alpha value is -2.95. The average Bonchev–Trinajstić information content (AvgIpc) is 3.37. The molecule has 0 atom stereocenters. The molecule has 4 heterocycles. The number of nitrogens with zero attached hydrogens (tertiary/aromatic N) is 5. The molecule has 0 aliphatic carbocycles. The number of piperazine rings is 1. The molecule has 0 saturated carbocycles. The molecule has 3 aromatic heterocycles. The minimum absolute atomic E-state index is 0.0311. The molecule has 1 amide bonds. The van der Waals surface area contributed by atoms with Crippen LogP contribution in [0.3, 0.4) is 0 Å². The number of hydrogen-bond donors (Lipinski definition) is 0. The number of halogens is 3. The number of aryl methyl sites for hydroxylation is 1. The van der Waals surface area contributed by atoms with E-state index in [2.05, 4.69) is 19.6 Å². The fourth-order valence-electron chi connectivity index (χ4n) is 3.00. The van der Waals surface area contributed by atoms with Crippen molar-refractivity contribution in [1.29, 1.82) is 0 Å². The van der Waals surface area contributed by atoms with E-state index in [1.165, 1.54) is 17.5 Å². The van der Waals surface area contributed by atoms with Crippen LogP contribution >= 0.6 is 11.3 Å². The fraction of sp³-hybridized carbons (Fsp3) is 0.333. The van der Waals surface area contributed by atoms with E-state index < -0.39 is 12.1 Å². The maximum atomic E-state index is 12.6. The average molecular weight is 423 g/mol. The number of carbonyl (C=O) groups excluding carboxylic acids is 1. The summed E-state index contributed by atoms with van der Waals surface area (Å²) in [7, 11) is 0. The largest absolute Gasteiger partial charge is 0.471 e. The minimum atomic E-state index is -4.68. The Labute approximate surface area is 167 Å². The van der Waals surface area contributed by atoms with Gasteiger partial charge in [-0.3, -0.25) is 4.79 Å². The predicted molar refractivity (Wildman–Crippen MR) is 99.7 cm³/mol. The van der Waals surface area contributed by atoms with E-state index in [9.17, 15) is 18.0 Å². The van der Waals surface area contributed by atoms with Crippen LogP contribution in [0.1, 0.15) is 21.1 Å². The van der Waals surface area contributed by atoms with Gasteiger partial charge in [-0.25, -0.2) is 4.98 Å². The molecule has 0 aromatic carbocycles. The lowest BCUT2D eigenvalue weighted by Crippen LogP contribution is -2.48. The van der Waals surface area contributed by atoms with Crippen molar-refractivity contribution in [3.63, 3.8) is 0 Å². The highest BCUT2D eigenvalue weighted by Gasteiger charge is 2.38. The number of rotatable bonds is 3. The summed E-state index contributed by atoms with van der Waals surface area (Å²) in [5.41, 5.74) is 1.40. The first-order valence-corrected chi connectivity index (χ1v) is 9.66. The van der Waals surface area contributed by atoms with Gasteiger partial charge in [0.05, 0.1) is 4.88 Å². The van der Waals surface area contributed by atoms with Gasteiger partial charge in [-0.1, -0.05) is 5.16 Å². The second-order valence-electron chi connectivity index (χ2n) is 6.59. The third-order valence-electron chi connectivity index (χ3n) is 4.51. The lowest BCUT2D eigenvalue weighted by atomic mass is 10.2. The Bertz CT molecular complexity index is 1010. The van der Waals surface area contributed by atoms with Crippen molar-refractivity contribution in [2.45, 2.75) is 13.1 Å². The highest BCUT2D eigenvalue weighted by Crippen LogP contribution is 2.29. The lowest BCUT2D eigenvalue weighted by molar-refractivity contribution is -0.159. The number of thiophene rings is 1. The Morgan fingerprint density at radius 1 is 1.21 bits per heavy atom. The summed E-state index contributed by atoms with van der Waals surface area (Å²) in [6, 6.07) is 5.18. The number of carbonyl (C=O) groups is 1. The van der Waals surface area contributed by atoms with Gasteiger partial charge in [0.1, 0.15) is 5.82 Å². The molecular weight excluding hydrogens is 407 g/mol. The Kier molecular flexibility index (Phi) is 4.99. The maximum absolute atomic E-state index is 12.6. The number of hydrogen-bond acceptors (Lipinski definition) is 7. The van der Waals surface area contributed by atoms with Gasteiger partial charge in [-0.2, -0.15) is 18.2 Å².